The number of nitrogens with one attached hydrogen (secondary N) is 2. The summed E-state index contributed by atoms with van der Waals surface area (Å²) in [4.78, 5) is 56.1. The van der Waals surface area contributed by atoms with Gasteiger partial charge in [0.2, 0.25) is 5.91 Å². The number of aliphatic hydroxyl groups is 1. The Kier molecular flexibility index (Phi) is 9.13. The lowest BCUT2D eigenvalue weighted by molar-refractivity contribution is -0.138. The highest BCUT2D eigenvalue weighted by Gasteiger charge is 2.50. The van der Waals surface area contributed by atoms with Gasteiger partial charge in [-0.05, 0) is 85.4 Å². The van der Waals surface area contributed by atoms with Crippen molar-refractivity contribution >= 4 is 40.5 Å². The number of carbonyl (C=O) groups is 2. The number of amides is 2. The zero-order chi connectivity index (χ0) is 39.8. The Balaban J connectivity index is 0.980. The second-order valence-electron chi connectivity index (χ2n) is 17.5. The predicted molar refractivity (Wildman–Crippen MR) is 219 cm³/mol. The number of ether oxygens (including phenoxy) is 1. The van der Waals surface area contributed by atoms with Crippen molar-refractivity contribution in [2.75, 3.05) is 59.8 Å². The van der Waals surface area contributed by atoms with Crippen LogP contribution in [0.25, 0.3) is 11.3 Å². The molecule has 3 N–H and O–H groups in total. The third kappa shape index (κ3) is 6.53. The number of benzene rings is 1. The van der Waals surface area contributed by atoms with Gasteiger partial charge in [0.15, 0.2) is 5.82 Å². The van der Waals surface area contributed by atoms with Gasteiger partial charge in [0.25, 0.3) is 11.5 Å². The van der Waals surface area contributed by atoms with Gasteiger partial charge in [-0.1, -0.05) is 20.4 Å². The van der Waals surface area contributed by atoms with Crippen LogP contribution in [0.4, 0.5) is 28.7 Å². The minimum absolute atomic E-state index is 0.0648. The van der Waals surface area contributed by atoms with Gasteiger partial charge in [-0.15, -0.1) is 0 Å². The van der Waals surface area contributed by atoms with E-state index in [1.54, 1.807) is 30.4 Å². The van der Waals surface area contributed by atoms with Crippen LogP contribution in [0.1, 0.15) is 60.9 Å². The minimum atomic E-state index is -0.390. The molecule has 1 atom stereocenters. The average molecular weight is 774 g/mol. The monoisotopic (exact) mass is 773 g/mol. The first-order chi connectivity index (χ1) is 27.4. The van der Waals surface area contributed by atoms with Crippen molar-refractivity contribution in [1.82, 2.24) is 24.0 Å². The van der Waals surface area contributed by atoms with E-state index in [0.29, 0.717) is 64.3 Å². The van der Waals surface area contributed by atoms with Crippen molar-refractivity contribution in [3.8, 4) is 11.3 Å². The summed E-state index contributed by atoms with van der Waals surface area (Å²) in [6.45, 7) is 15.8. The van der Waals surface area contributed by atoms with Crippen LogP contribution in [0.5, 0.6) is 0 Å². The maximum Gasteiger partial charge on any atom is 0.293 e. The molecule has 3 aromatic heterocycles. The first-order valence-electron chi connectivity index (χ1n) is 20.0. The van der Waals surface area contributed by atoms with Gasteiger partial charge in [0, 0.05) is 80.7 Å². The maximum atomic E-state index is 14.0. The summed E-state index contributed by atoms with van der Waals surface area (Å²) in [5.41, 5.74) is 6.73. The summed E-state index contributed by atoms with van der Waals surface area (Å²) >= 11 is 0. The summed E-state index contributed by atoms with van der Waals surface area (Å²) in [6.07, 6.45) is 8.46. The Hall–Kier alpha value is -5.31. The normalized spacial score (nSPS) is 21.1. The summed E-state index contributed by atoms with van der Waals surface area (Å²) in [5.74, 6) is -0.0490. The number of aliphatic hydroxyl groups excluding tert-OH is 1. The molecule has 1 aliphatic carbocycles. The highest BCUT2D eigenvalue weighted by Crippen LogP contribution is 2.47. The molecule has 0 bridgehead atoms. The lowest BCUT2D eigenvalue weighted by Crippen LogP contribution is -2.67. The molecule has 0 radical (unpaired) electrons. The van der Waals surface area contributed by atoms with Gasteiger partial charge in [-0.2, -0.15) is 0 Å². The molecule has 3 saturated heterocycles. The molecular weight excluding hydrogens is 723 g/mol. The molecule has 4 aliphatic heterocycles. The fourth-order valence-electron chi connectivity index (χ4n) is 9.89. The standard InChI is InChI=1S/C43H51N9O5/c1-6-37(54)46-32-16-28(7-8-34(32)50-12-10-43(17-26(50)2)24-49(25-43)29-22-57-23-29)45-38-41(56)48(5)20-33(47-38)30-9-11-44-39(31(30)21-53)52-14-13-51-35(40(52)55)15-27-18-42(3,4)19-36(27)51/h6-9,11,15-16,20,26,29,53H,1,10,12-14,17-19,21-25H2,2-5H3,(H,45,47)(H,46,54). The molecule has 7 heterocycles. The van der Waals surface area contributed by atoms with E-state index in [4.69, 9.17) is 9.72 Å². The number of aryl methyl sites for hydroxylation is 1. The van der Waals surface area contributed by atoms with Gasteiger partial charge >= 0.3 is 0 Å². The van der Waals surface area contributed by atoms with E-state index in [1.165, 1.54) is 21.9 Å². The molecule has 9 rings (SSSR count). The summed E-state index contributed by atoms with van der Waals surface area (Å²) in [5, 5.41) is 17.0. The lowest BCUT2D eigenvalue weighted by Gasteiger charge is -2.59. The molecule has 2 amide bonds. The Bertz CT molecular complexity index is 2350. The molecule has 5 aliphatic rings. The second-order valence-corrected chi connectivity index (χ2v) is 17.5. The van der Waals surface area contributed by atoms with E-state index in [0.717, 1.165) is 64.2 Å². The zero-order valence-corrected chi connectivity index (χ0v) is 33.2. The van der Waals surface area contributed by atoms with Crippen molar-refractivity contribution in [1.29, 1.82) is 0 Å². The molecule has 3 fully saturated rings. The minimum Gasteiger partial charge on any atom is -0.392 e. The van der Waals surface area contributed by atoms with Gasteiger partial charge in [0.1, 0.15) is 11.5 Å². The number of likely N-dealkylation sites (tertiary alicyclic amines) is 1. The highest BCUT2D eigenvalue weighted by molar-refractivity contribution is 6.06. The topological polar surface area (TPSA) is 150 Å². The molecule has 1 aromatic carbocycles. The molecule has 0 saturated carbocycles. The largest absolute Gasteiger partial charge is 0.392 e. The van der Waals surface area contributed by atoms with Crippen molar-refractivity contribution < 1.29 is 19.4 Å². The number of rotatable bonds is 9. The number of hydrogen-bond donors (Lipinski definition) is 3. The number of hydrogen-bond acceptors (Lipinski definition) is 10. The number of carbonyl (C=O) groups excluding carboxylic acids is 2. The predicted octanol–water partition coefficient (Wildman–Crippen LogP) is 4.48. The fourth-order valence-corrected chi connectivity index (χ4v) is 9.89. The van der Waals surface area contributed by atoms with Crippen LogP contribution in [-0.2, 0) is 42.6 Å². The third-order valence-corrected chi connectivity index (χ3v) is 12.8. The number of nitrogens with zero attached hydrogens (tertiary/aromatic N) is 7. The summed E-state index contributed by atoms with van der Waals surface area (Å²) in [7, 11) is 1.65. The Morgan fingerprint density at radius 2 is 1.91 bits per heavy atom. The molecule has 298 valence electrons. The van der Waals surface area contributed by atoms with Crippen LogP contribution in [0.3, 0.4) is 0 Å². The first kappa shape index (κ1) is 37.3. The maximum absolute atomic E-state index is 14.0. The third-order valence-electron chi connectivity index (χ3n) is 12.8. The zero-order valence-electron chi connectivity index (χ0n) is 33.2. The van der Waals surface area contributed by atoms with Crippen LogP contribution < -0.4 is 26.0 Å². The van der Waals surface area contributed by atoms with Crippen LogP contribution in [0.2, 0.25) is 0 Å². The first-order valence-corrected chi connectivity index (χ1v) is 20.0. The van der Waals surface area contributed by atoms with Gasteiger partial charge in [-0.3, -0.25) is 24.2 Å². The van der Waals surface area contributed by atoms with Crippen LogP contribution in [-0.4, -0.2) is 92.4 Å². The van der Waals surface area contributed by atoms with E-state index >= 15 is 0 Å². The number of fused-ring (bicyclic) bond motifs is 3. The van der Waals surface area contributed by atoms with Crippen molar-refractivity contribution in [2.24, 2.45) is 17.9 Å². The van der Waals surface area contributed by atoms with E-state index in [2.05, 4.69) is 57.3 Å². The van der Waals surface area contributed by atoms with Crippen LogP contribution in [0.15, 0.2) is 60.2 Å². The van der Waals surface area contributed by atoms with E-state index in [-0.39, 0.29) is 34.6 Å². The molecular formula is C43H51N9O5. The molecule has 1 unspecified atom stereocenters. The fraction of sp³-hybridized carbons (Fsp3) is 0.465. The molecule has 4 aromatic rings. The van der Waals surface area contributed by atoms with Crippen LogP contribution >= 0.6 is 0 Å². The quantitative estimate of drug-likeness (QED) is 0.208. The molecule has 1 spiro atoms. The molecule has 14 heteroatoms. The highest BCUT2D eigenvalue weighted by atomic mass is 16.5. The van der Waals surface area contributed by atoms with E-state index in [9.17, 15) is 19.5 Å². The molecule has 57 heavy (non-hydrogen) atoms. The Morgan fingerprint density at radius 3 is 2.63 bits per heavy atom. The van der Waals surface area contributed by atoms with Crippen LogP contribution in [0, 0.1) is 10.8 Å². The number of aromatic nitrogens is 4. The second kappa shape index (κ2) is 14.0. The average Bonchev–Trinajstić information content (AvgIpc) is 3.64. The Labute approximate surface area is 332 Å². The van der Waals surface area contributed by atoms with Gasteiger partial charge in [0.05, 0.1) is 42.9 Å². The van der Waals surface area contributed by atoms with E-state index < -0.39 is 6.61 Å². The SMILES string of the molecule is C=CC(=O)Nc1cc(Nc2nc(-c3ccnc(N4CCn5c(cc6c5CC(C)(C)C6)C4=O)c3CO)cn(C)c2=O)ccc1N1CCC2(CC1C)CN(C1COC1)C2. The summed E-state index contributed by atoms with van der Waals surface area (Å²) < 4.78 is 9.01. The summed E-state index contributed by atoms with van der Waals surface area (Å²) in [6, 6.07) is 10.3. The van der Waals surface area contributed by atoms with Gasteiger partial charge < -0.3 is 34.5 Å². The van der Waals surface area contributed by atoms with Crippen molar-refractivity contribution in [3.05, 3.63) is 88.2 Å². The number of piperidine rings is 1. The van der Waals surface area contributed by atoms with Crippen molar-refractivity contribution in [2.45, 2.75) is 71.7 Å². The van der Waals surface area contributed by atoms with E-state index in [1.807, 2.05) is 24.3 Å². The van der Waals surface area contributed by atoms with Crippen molar-refractivity contribution in [3.63, 3.8) is 0 Å². The lowest BCUT2D eigenvalue weighted by atomic mass is 9.69. The van der Waals surface area contributed by atoms with Gasteiger partial charge in [-0.25, -0.2) is 9.97 Å². The smallest absolute Gasteiger partial charge is 0.293 e. The number of anilines is 5. The Morgan fingerprint density at radius 1 is 1.11 bits per heavy atom. The number of pyridine rings is 1. The molecule has 14 nitrogen and oxygen atoms in total.